The van der Waals surface area contributed by atoms with Crippen LogP contribution in [0.1, 0.15) is 99.2 Å². The Morgan fingerprint density at radius 2 is 1.74 bits per heavy atom. The number of carbonyl (C=O) groups excluding carboxylic acids is 1. The Morgan fingerprint density at radius 3 is 2.36 bits per heavy atom. The van der Waals surface area contributed by atoms with Crippen molar-refractivity contribution in [1.82, 2.24) is 10.6 Å². The summed E-state index contributed by atoms with van der Waals surface area (Å²) in [7, 11) is 0. The van der Waals surface area contributed by atoms with Crippen molar-refractivity contribution in [2.45, 2.75) is 96.7 Å². The standard InChI is InChI=1S/C32H46N2O3S.Li.H/c1-5-12-29(23-14-8-7-9-15-23)33-28(6-2)24-17-18-26(27(21-24)25-16-11-10-13-22(25)3)31(35)34-30(32(36)37)19-20-38-4;;/h10-11,13,16-18,21,23,28-30,33H,5-9,12,14-15,19-20H2,1-4H3,(H,34,35)(H,36,37);;. The van der Waals surface area contributed by atoms with Crippen LogP contribution in [0.25, 0.3) is 11.1 Å². The zero-order valence-electron chi connectivity index (χ0n) is 23.6. The minimum atomic E-state index is -0.999. The Balaban J connectivity index is 0.00000533. The molecule has 3 atom stereocenters. The Morgan fingerprint density at radius 1 is 1.03 bits per heavy atom. The molecule has 2 aromatic rings. The number of carbonyl (C=O) groups is 2. The molecular weight excluding hydrogens is 499 g/mol. The van der Waals surface area contributed by atoms with E-state index >= 15 is 0 Å². The molecule has 3 N–H and O–H groups in total. The van der Waals surface area contributed by atoms with Crippen molar-refractivity contribution >= 4 is 42.5 Å². The van der Waals surface area contributed by atoms with Crippen LogP contribution in [0.4, 0.5) is 0 Å². The summed E-state index contributed by atoms with van der Waals surface area (Å²) < 4.78 is 0. The van der Waals surface area contributed by atoms with Gasteiger partial charge >= 0.3 is 24.8 Å². The zero-order chi connectivity index (χ0) is 27.5. The second-order valence-corrected chi connectivity index (χ2v) is 11.7. The van der Waals surface area contributed by atoms with E-state index in [4.69, 9.17) is 0 Å². The van der Waals surface area contributed by atoms with Crippen molar-refractivity contribution in [3.63, 3.8) is 0 Å². The fourth-order valence-electron chi connectivity index (χ4n) is 5.81. The van der Waals surface area contributed by atoms with Crippen LogP contribution in [0.15, 0.2) is 42.5 Å². The van der Waals surface area contributed by atoms with Crippen LogP contribution >= 0.6 is 11.8 Å². The number of hydrogen-bond donors (Lipinski definition) is 3. The van der Waals surface area contributed by atoms with E-state index in [2.05, 4.69) is 49.6 Å². The predicted octanol–water partition coefficient (Wildman–Crippen LogP) is 6.74. The molecule has 0 spiro atoms. The fourth-order valence-corrected chi connectivity index (χ4v) is 6.29. The van der Waals surface area contributed by atoms with E-state index in [-0.39, 0.29) is 30.8 Å². The zero-order valence-corrected chi connectivity index (χ0v) is 24.4. The molecule has 1 amide bonds. The first-order valence-corrected chi connectivity index (χ1v) is 15.8. The second-order valence-electron chi connectivity index (χ2n) is 10.7. The summed E-state index contributed by atoms with van der Waals surface area (Å²) in [4.78, 5) is 25.3. The van der Waals surface area contributed by atoms with Crippen molar-refractivity contribution in [3.05, 3.63) is 59.2 Å². The number of aliphatic carboxylic acids is 1. The molecule has 3 rings (SSSR count). The van der Waals surface area contributed by atoms with E-state index in [9.17, 15) is 14.7 Å². The van der Waals surface area contributed by atoms with E-state index in [1.165, 1.54) is 50.5 Å². The first-order chi connectivity index (χ1) is 18.4. The molecule has 3 unspecified atom stereocenters. The minimum absolute atomic E-state index is 0. The van der Waals surface area contributed by atoms with Crippen LogP contribution in [0.5, 0.6) is 0 Å². The normalized spacial score (nSPS) is 16.1. The van der Waals surface area contributed by atoms with Crippen LogP contribution in [0, 0.1) is 12.8 Å². The van der Waals surface area contributed by atoms with Gasteiger partial charge in [0.2, 0.25) is 0 Å². The number of benzene rings is 2. The van der Waals surface area contributed by atoms with Crippen LogP contribution in [0.3, 0.4) is 0 Å². The number of rotatable bonds is 14. The first kappa shape index (κ1) is 33.5. The van der Waals surface area contributed by atoms with Gasteiger partial charge < -0.3 is 15.7 Å². The van der Waals surface area contributed by atoms with Crippen LogP contribution in [-0.2, 0) is 4.79 Å². The molecule has 1 aliphatic rings. The van der Waals surface area contributed by atoms with Crippen LogP contribution in [0.2, 0.25) is 0 Å². The average Bonchev–Trinajstić information content (AvgIpc) is 2.93. The van der Waals surface area contributed by atoms with Gasteiger partial charge in [-0.15, -0.1) is 0 Å². The van der Waals surface area contributed by atoms with Crippen LogP contribution in [-0.4, -0.2) is 59.9 Å². The summed E-state index contributed by atoms with van der Waals surface area (Å²) in [6.45, 7) is 6.54. The number of carboxylic acid groups (broad SMARTS) is 1. The summed E-state index contributed by atoms with van der Waals surface area (Å²) in [5.74, 6) is 0.0644. The Bertz CT molecular complexity index is 1060. The molecule has 39 heavy (non-hydrogen) atoms. The third-order valence-electron chi connectivity index (χ3n) is 7.98. The number of carboxylic acids is 1. The van der Waals surface area contributed by atoms with Gasteiger partial charge in [-0.1, -0.05) is 69.9 Å². The van der Waals surface area contributed by atoms with Gasteiger partial charge in [0.1, 0.15) is 6.04 Å². The number of thioether (sulfide) groups is 1. The number of hydrogen-bond acceptors (Lipinski definition) is 4. The molecule has 7 heteroatoms. The van der Waals surface area contributed by atoms with Gasteiger partial charge in [0.05, 0.1) is 0 Å². The maximum atomic E-state index is 13.5. The molecule has 2 aromatic carbocycles. The predicted molar refractivity (Wildman–Crippen MR) is 167 cm³/mol. The third-order valence-corrected chi connectivity index (χ3v) is 8.63. The molecule has 0 aromatic heterocycles. The number of nitrogens with one attached hydrogen (secondary N) is 2. The van der Waals surface area contributed by atoms with Gasteiger partial charge in [-0.3, -0.25) is 4.79 Å². The molecule has 0 saturated heterocycles. The van der Waals surface area contributed by atoms with Gasteiger partial charge in [-0.05, 0) is 91.3 Å². The summed E-state index contributed by atoms with van der Waals surface area (Å²) in [5, 5.41) is 16.5. The van der Waals surface area contributed by atoms with Crippen molar-refractivity contribution in [3.8, 4) is 11.1 Å². The fraction of sp³-hybridized carbons (Fsp3) is 0.562. The molecule has 1 aliphatic carbocycles. The number of aryl methyl sites for hydroxylation is 1. The van der Waals surface area contributed by atoms with Crippen molar-refractivity contribution < 1.29 is 14.7 Å². The summed E-state index contributed by atoms with van der Waals surface area (Å²) in [6, 6.07) is 14.0. The molecule has 0 heterocycles. The quantitative estimate of drug-likeness (QED) is 0.229. The summed E-state index contributed by atoms with van der Waals surface area (Å²) in [5.41, 5.74) is 4.64. The molecule has 0 aliphatic heterocycles. The third kappa shape index (κ3) is 9.42. The van der Waals surface area contributed by atoms with E-state index in [0.29, 0.717) is 23.8 Å². The van der Waals surface area contributed by atoms with Crippen molar-refractivity contribution in [1.29, 1.82) is 0 Å². The van der Waals surface area contributed by atoms with Crippen LogP contribution < -0.4 is 10.6 Å². The van der Waals surface area contributed by atoms with Crippen molar-refractivity contribution in [2.24, 2.45) is 5.92 Å². The van der Waals surface area contributed by atoms with Gasteiger partial charge in [-0.2, -0.15) is 11.8 Å². The monoisotopic (exact) mass is 546 g/mol. The second kappa shape index (κ2) is 17.2. The summed E-state index contributed by atoms with van der Waals surface area (Å²) in [6.07, 6.45) is 12.3. The van der Waals surface area contributed by atoms with E-state index in [0.717, 1.165) is 29.0 Å². The van der Waals surface area contributed by atoms with Gasteiger partial charge in [0, 0.05) is 17.6 Å². The Labute approximate surface area is 251 Å². The topological polar surface area (TPSA) is 78.4 Å². The van der Waals surface area contributed by atoms with Crippen molar-refractivity contribution in [2.75, 3.05) is 12.0 Å². The van der Waals surface area contributed by atoms with E-state index < -0.39 is 12.0 Å². The SMILES string of the molecule is CCCC(NC(CC)c1ccc(C(=O)NC(CCSC)C(=O)O)c(-c2ccccc2C)c1)C1CCCCC1.[LiH]. The average molecular weight is 547 g/mol. The molecule has 0 radical (unpaired) electrons. The summed E-state index contributed by atoms with van der Waals surface area (Å²) >= 11 is 1.58. The van der Waals surface area contributed by atoms with Gasteiger partial charge in [-0.25, -0.2) is 4.79 Å². The Hall–Kier alpha value is -1.71. The molecule has 5 nitrogen and oxygen atoms in total. The van der Waals surface area contributed by atoms with Gasteiger partial charge in [0.25, 0.3) is 5.91 Å². The maximum absolute atomic E-state index is 13.5. The molecule has 1 saturated carbocycles. The molecule has 1 fully saturated rings. The molecule has 0 bridgehead atoms. The number of amides is 1. The first-order valence-electron chi connectivity index (χ1n) is 14.4. The molecule has 210 valence electrons. The van der Waals surface area contributed by atoms with E-state index in [1.54, 1.807) is 11.8 Å². The van der Waals surface area contributed by atoms with Gasteiger partial charge in [0.15, 0.2) is 0 Å². The Kier molecular flexibility index (Phi) is 14.8. The van der Waals surface area contributed by atoms with E-state index in [1.807, 2.05) is 30.5 Å². The molecular formula is C32H47LiN2O3S.